The van der Waals surface area contributed by atoms with E-state index in [1.165, 1.54) is 6.92 Å². The van der Waals surface area contributed by atoms with Gasteiger partial charge in [-0.3, -0.25) is 4.79 Å². The molecule has 0 rings (SSSR count). The van der Waals surface area contributed by atoms with Gasteiger partial charge in [0.15, 0.2) is 0 Å². The third kappa shape index (κ3) is 10.3. The summed E-state index contributed by atoms with van der Waals surface area (Å²) in [6.07, 6.45) is 3.15. The Balaban J connectivity index is 4.92. The highest BCUT2D eigenvalue weighted by Gasteiger charge is 2.68. The molecule has 0 heterocycles. The molecule has 0 spiro atoms. The molecular weight excluding hydrogens is 383 g/mol. The lowest BCUT2D eigenvalue weighted by Gasteiger charge is -2.44. The normalized spacial score (nSPS) is 18.5. The topological polar surface area (TPSA) is 26.3 Å². The molecule has 21 heavy (non-hydrogen) atoms. The maximum atomic E-state index is 12.7. The van der Waals surface area contributed by atoms with E-state index in [4.69, 9.17) is 0 Å². The minimum atomic E-state index is -9.71. The molecule has 0 bridgehead atoms. The van der Waals surface area contributed by atoms with Crippen LogP contribution in [0.5, 0.6) is 0 Å². The maximum Gasteiger partial charge on any atom is 0.324 e. The van der Waals surface area contributed by atoms with Crippen LogP contribution in [0.25, 0.3) is 0 Å². The summed E-state index contributed by atoms with van der Waals surface area (Å²) in [6, 6.07) is 0. The maximum absolute atomic E-state index is 12.7. The summed E-state index contributed by atoms with van der Waals surface area (Å²) in [6.45, 7) is 3.22. The number of halogens is 6. The number of esters is 1. The predicted molar refractivity (Wildman–Crippen MR) is 79.7 cm³/mol. The molecule has 0 aliphatic rings. The summed E-state index contributed by atoms with van der Waals surface area (Å²) in [7, 11) is -9.71. The molecule has 0 aromatic heterocycles. The molecule has 0 aliphatic heterocycles. The van der Waals surface area contributed by atoms with Gasteiger partial charge >= 0.3 is 5.97 Å². The summed E-state index contributed by atoms with van der Waals surface area (Å²) in [5.74, 6) is -3.76. The Morgan fingerprint density at radius 1 is 1.05 bits per heavy atom. The van der Waals surface area contributed by atoms with Crippen molar-refractivity contribution in [3.63, 3.8) is 0 Å². The molecule has 130 valence electrons. The van der Waals surface area contributed by atoms with Crippen LogP contribution in [-0.2, 0) is 9.53 Å². The average Bonchev–Trinajstić information content (AvgIpc) is 2.24. The van der Waals surface area contributed by atoms with E-state index in [1.54, 1.807) is 0 Å². The fourth-order valence-corrected chi connectivity index (χ4v) is 4.75. The van der Waals surface area contributed by atoms with E-state index >= 15 is 0 Å². The van der Waals surface area contributed by atoms with Crippen LogP contribution < -0.4 is 0 Å². The van der Waals surface area contributed by atoms with Crippen LogP contribution >= 0.6 is 26.2 Å². The van der Waals surface area contributed by atoms with Crippen LogP contribution in [0.3, 0.4) is 0 Å². The fourth-order valence-electron chi connectivity index (χ4n) is 1.93. The highest BCUT2D eigenvalue weighted by Crippen LogP contribution is 2.98. The van der Waals surface area contributed by atoms with E-state index in [0.717, 1.165) is 19.3 Å². The molecule has 0 saturated heterocycles. The first-order valence-corrected chi connectivity index (χ1v) is 9.73. The molecule has 0 N–H and O–H groups in total. The number of alkyl halides is 1. The number of carbonyl (C=O) groups excluding carboxylic acids is 1. The molecule has 0 fully saturated rings. The lowest BCUT2D eigenvalue weighted by atomic mass is 10.0. The quantitative estimate of drug-likeness (QED) is 0.183. The summed E-state index contributed by atoms with van der Waals surface area (Å²) >= 11 is 2.58. The Hall–Kier alpha value is -0.0500. The van der Waals surface area contributed by atoms with E-state index in [2.05, 4.69) is 20.7 Å². The number of hydrogen-bond donors (Lipinski definition) is 0. The van der Waals surface area contributed by atoms with Crippen molar-refractivity contribution in [1.29, 1.82) is 0 Å². The van der Waals surface area contributed by atoms with Gasteiger partial charge in [-0.1, -0.05) is 74.4 Å². The Kier molecular flexibility index (Phi) is 6.58. The summed E-state index contributed by atoms with van der Waals surface area (Å²) < 4.78 is 65.6. The zero-order chi connectivity index (χ0) is 16.8. The van der Waals surface area contributed by atoms with E-state index in [-0.39, 0.29) is 19.4 Å². The summed E-state index contributed by atoms with van der Waals surface area (Å²) in [4.78, 5) is 11.7. The van der Waals surface area contributed by atoms with Crippen LogP contribution in [0.4, 0.5) is 19.4 Å². The lowest BCUT2D eigenvalue weighted by Crippen LogP contribution is -2.42. The van der Waals surface area contributed by atoms with Crippen LogP contribution in [-0.4, -0.2) is 22.7 Å². The number of unbranched alkanes of at least 4 members (excludes halogenated alkanes) is 4. The first-order valence-electron chi connectivity index (χ1n) is 6.82. The Morgan fingerprint density at radius 2 is 1.57 bits per heavy atom. The van der Waals surface area contributed by atoms with Crippen molar-refractivity contribution in [2.24, 2.45) is 0 Å². The number of ether oxygens (including phenoxy) is 1. The molecule has 0 aromatic carbocycles. The molecule has 2 nitrogen and oxygen atoms in total. The van der Waals surface area contributed by atoms with Gasteiger partial charge in [0.1, 0.15) is 10.1 Å². The second-order valence-corrected chi connectivity index (χ2v) is 9.19. The van der Waals surface area contributed by atoms with Crippen molar-refractivity contribution < 1.29 is 29.0 Å². The van der Waals surface area contributed by atoms with Crippen LogP contribution in [0.2, 0.25) is 0 Å². The van der Waals surface area contributed by atoms with Gasteiger partial charge in [0.25, 0.3) is 10.2 Å². The third-order valence-corrected chi connectivity index (χ3v) is 5.23. The monoisotopic (exact) mass is 404 g/mol. The summed E-state index contributed by atoms with van der Waals surface area (Å²) in [5.41, 5.74) is 0. The van der Waals surface area contributed by atoms with Gasteiger partial charge in [0.2, 0.25) is 0 Å². The molecular formula is C12H22BrF5O2S. The van der Waals surface area contributed by atoms with Gasteiger partial charge < -0.3 is 4.74 Å². The lowest BCUT2D eigenvalue weighted by molar-refractivity contribution is -0.145. The minimum absolute atomic E-state index is 0.164. The Morgan fingerprint density at radius 3 is 2.00 bits per heavy atom. The van der Waals surface area contributed by atoms with Crippen LogP contribution in [0, 0.1) is 0 Å². The molecule has 0 amide bonds. The number of rotatable bonds is 10. The average molecular weight is 405 g/mol. The minimum Gasteiger partial charge on any atom is -0.465 e. The zero-order valence-electron chi connectivity index (χ0n) is 12.1. The first-order chi connectivity index (χ1) is 9.23. The smallest absolute Gasteiger partial charge is 0.324 e. The second-order valence-electron chi connectivity index (χ2n) is 5.12. The molecule has 0 saturated carbocycles. The highest BCUT2D eigenvalue weighted by molar-refractivity contribution is 9.10. The second kappa shape index (κ2) is 6.60. The first kappa shape index (κ1) is 20.9. The van der Waals surface area contributed by atoms with Crippen molar-refractivity contribution in [3.8, 4) is 0 Å². The van der Waals surface area contributed by atoms with Crippen LogP contribution in [0.1, 0.15) is 52.4 Å². The molecule has 9 heteroatoms. The standard InChI is InChI=1S/C12H22BrF5O2S/c1-3-5-6-7-8-9-12(13,11(19)20-4-2)10-21(14,15,16,17)18/h3-10H2,1-2H3. The molecule has 0 radical (unpaired) electrons. The summed E-state index contributed by atoms with van der Waals surface area (Å²) in [5, 5.41) is 0. The van der Waals surface area contributed by atoms with Gasteiger partial charge in [0.05, 0.1) is 6.61 Å². The SMILES string of the molecule is CCCCCCCC(Br)(CS(F)(F)(F)(F)F)C(=O)OCC. The van der Waals surface area contributed by atoms with Crippen LogP contribution in [0.15, 0.2) is 0 Å². The van der Waals surface area contributed by atoms with E-state index in [0.29, 0.717) is 6.42 Å². The van der Waals surface area contributed by atoms with Crippen molar-refractivity contribution in [3.05, 3.63) is 0 Å². The van der Waals surface area contributed by atoms with Crippen molar-refractivity contribution >= 4 is 32.1 Å². The predicted octanol–water partition coefficient (Wildman–Crippen LogP) is 6.34. The van der Waals surface area contributed by atoms with Gasteiger partial charge in [0, 0.05) is 0 Å². The van der Waals surface area contributed by atoms with E-state index in [1.807, 2.05) is 6.92 Å². The van der Waals surface area contributed by atoms with Gasteiger partial charge in [-0.2, -0.15) is 0 Å². The zero-order valence-corrected chi connectivity index (χ0v) is 14.6. The fraction of sp³-hybridized carbons (Fsp3) is 0.917. The largest absolute Gasteiger partial charge is 0.465 e. The molecule has 0 aliphatic carbocycles. The molecule has 0 aromatic rings. The van der Waals surface area contributed by atoms with Gasteiger partial charge in [-0.05, 0) is 13.3 Å². The van der Waals surface area contributed by atoms with Crippen molar-refractivity contribution in [1.82, 2.24) is 0 Å². The van der Waals surface area contributed by atoms with Crippen molar-refractivity contribution in [2.75, 3.05) is 12.4 Å². The number of carbonyl (C=O) groups is 1. The Labute approximate surface area is 130 Å². The molecule has 1 atom stereocenters. The Bertz CT molecular complexity index is 359. The third-order valence-electron chi connectivity index (χ3n) is 2.82. The number of hydrogen-bond acceptors (Lipinski definition) is 2. The van der Waals surface area contributed by atoms with Gasteiger partial charge in [-0.25, -0.2) is 0 Å². The highest BCUT2D eigenvalue weighted by atomic mass is 79.9. The van der Waals surface area contributed by atoms with E-state index < -0.39 is 26.3 Å². The van der Waals surface area contributed by atoms with E-state index in [9.17, 15) is 24.2 Å². The molecule has 1 unspecified atom stereocenters. The van der Waals surface area contributed by atoms with Gasteiger partial charge in [-0.15, -0.1) is 0 Å². The van der Waals surface area contributed by atoms with Crippen molar-refractivity contribution in [2.45, 2.75) is 56.7 Å².